The fraction of sp³-hybridized carbons (Fsp3) is 0.250. The highest BCUT2D eigenvalue weighted by atomic mass is 32.2. The zero-order valence-corrected chi connectivity index (χ0v) is 13.3. The normalized spacial score (nSPS) is 13.6. The summed E-state index contributed by atoms with van der Waals surface area (Å²) in [4.78, 5) is 11.5. The van der Waals surface area contributed by atoms with E-state index in [9.17, 15) is 0 Å². The Balaban J connectivity index is 1.99. The van der Waals surface area contributed by atoms with Crippen LogP contribution in [0.4, 0.5) is 0 Å². The van der Waals surface area contributed by atoms with Crippen LogP contribution in [-0.4, -0.2) is 22.3 Å². The van der Waals surface area contributed by atoms with E-state index in [1.807, 2.05) is 30.0 Å². The lowest BCUT2D eigenvalue weighted by Gasteiger charge is -2.09. The summed E-state index contributed by atoms with van der Waals surface area (Å²) in [5, 5.41) is 1.34. The number of rotatable bonds is 2. The summed E-state index contributed by atoms with van der Waals surface area (Å²) in [6, 6.07) is 8.58. The fourth-order valence-electron chi connectivity index (χ4n) is 2.65. The maximum atomic E-state index is 5.69. The molecule has 1 aromatic carbocycles. The predicted molar refractivity (Wildman–Crippen MR) is 88.4 cm³/mol. The highest BCUT2D eigenvalue weighted by Crippen LogP contribution is 2.47. The standard InChI is InChI=1S/C16H14N2OS2/c1-2-19-16-11-7-8-20-14-10-5-3-4-6-12(10)21-15(14)13(11)17-9-18-16/h3-6,9H,2,7-8H2,1H3. The van der Waals surface area contributed by atoms with Crippen molar-refractivity contribution in [1.29, 1.82) is 0 Å². The second-order valence-corrected chi connectivity index (χ2v) is 6.95. The summed E-state index contributed by atoms with van der Waals surface area (Å²) in [5.41, 5.74) is 2.20. The molecule has 0 unspecified atom stereocenters. The monoisotopic (exact) mass is 314 g/mol. The Morgan fingerprint density at radius 2 is 2.14 bits per heavy atom. The molecule has 1 aliphatic rings. The average Bonchev–Trinajstić information content (AvgIpc) is 2.77. The summed E-state index contributed by atoms with van der Waals surface area (Å²) < 4.78 is 7.01. The molecule has 0 spiro atoms. The molecule has 3 nitrogen and oxygen atoms in total. The van der Waals surface area contributed by atoms with Crippen molar-refractivity contribution in [2.45, 2.75) is 18.2 Å². The number of thiophene rings is 1. The van der Waals surface area contributed by atoms with Crippen molar-refractivity contribution in [3.05, 3.63) is 36.2 Å². The van der Waals surface area contributed by atoms with Crippen molar-refractivity contribution in [3.8, 4) is 16.5 Å². The lowest BCUT2D eigenvalue weighted by Crippen LogP contribution is -2.02. The van der Waals surface area contributed by atoms with E-state index in [2.05, 4.69) is 34.2 Å². The number of hydrogen-bond donors (Lipinski definition) is 0. The number of thioether (sulfide) groups is 1. The minimum Gasteiger partial charge on any atom is -0.478 e. The molecule has 106 valence electrons. The van der Waals surface area contributed by atoms with Crippen molar-refractivity contribution >= 4 is 33.2 Å². The van der Waals surface area contributed by atoms with Gasteiger partial charge in [0.15, 0.2) is 0 Å². The molecular formula is C16H14N2OS2. The molecule has 0 atom stereocenters. The summed E-state index contributed by atoms with van der Waals surface area (Å²) in [5.74, 6) is 1.78. The van der Waals surface area contributed by atoms with Gasteiger partial charge in [-0.1, -0.05) is 18.2 Å². The highest BCUT2D eigenvalue weighted by molar-refractivity contribution is 7.99. The molecule has 1 aliphatic heterocycles. The third kappa shape index (κ3) is 2.12. The quantitative estimate of drug-likeness (QED) is 0.702. The Morgan fingerprint density at radius 3 is 3.05 bits per heavy atom. The first-order valence-electron chi connectivity index (χ1n) is 7.00. The number of benzene rings is 1. The number of fused-ring (bicyclic) bond motifs is 5. The zero-order chi connectivity index (χ0) is 14.2. The van der Waals surface area contributed by atoms with Gasteiger partial charge in [-0.3, -0.25) is 0 Å². The van der Waals surface area contributed by atoms with Crippen LogP contribution < -0.4 is 4.74 Å². The van der Waals surface area contributed by atoms with Gasteiger partial charge in [-0.2, -0.15) is 0 Å². The molecule has 3 heterocycles. The lowest BCUT2D eigenvalue weighted by molar-refractivity contribution is 0.322. The van der Waals surface area contributed by atoms with Gasteiger partial charge in [0.1, 0.15) is 6.33 Å². The summed E-state index contributed by atoms with van der Waals surface area (Å²) in [6.07, 6.45) is 2.57. The van der Waals surface area contributed by atoms with Crippen LogP contribution in [0.15, 0.2) is 35.5 Å². The maximum absolute atomic E-state index is 5.69. The van der Waals surface area contributed by atoms with Crippen LogP contribution >= 0.6 is 23.1 Å². The maximum Gasteiger partial charge on any atom is 0.220 e. The van der Waals surface area contributed by atoms with E-state index < -0.39 is 0 Å². The van der Waals surface area contributed by atoms with Crippen LogP contribution in [0.3, 0.4) is 0 Å². The molecule has 0 aliphatic carbocycles. The van der Waals surface area contributed by atoms with Crippen LogP contribution in [0.1, 0.15) is 12.5 Å². The predicted octanol–water partition coefficient (Wildman–Crippen LogP) is 4.41. The van der Waals surface area contributed by atoms with Gasteiger partial charge in [-0.25, -0.2) is 9.97 Å². The van der Waals surface area contributed by atoms with Crippen LogP contribution in [-0.2, 0) is 6.42 Å². The number of nitrogens with zero attached hydrogens (tertiary/aromatic N) is 2. The first kappa shape index (κ1) is 13.1. The summed E-state index contributed by atoms with van der Waals surface area (Å²) >= 11 is 3.73. The molecule has 0 radical (unpaired) electrons. The average molecular weight is 314 g/mol. The van der Waals surface area contributed by atoms with Gasteiger partial charge in [0.25, 0.3) is 0 Å². The van der Waals surface area contributed by atoms with Gasteiger partial charge in [0.05, 0.1) is 17.2 Å². The first-order valence-corrected chi connectivity index (χ1v) is 8.80. The molecule has 2 aromatic heterocycles. The van der Waals surface area contributed by atoms with Crippen molar-refractivity contribution in [2.75, 3.05) is 12.4 Å². The largest absolute Gasteiger partial charge is 0.478 e. The molecule has 21 heavy (non-hydrogen) atoms. The Hall–Kier alpha value is -1.59. The molecule has 0 saturated carbocycles. The summed E-state index contributed by atoms with van der Waals surface area (Å²) in [6.45, 7) is 2.63. The van der Waals surface area contributed by atoms with Gasteiger partial charge in [-0.05, 0) is 19.4 Å². The lowest BCUT2D eigenvalue weighted by atomic mass is 10.1. The van der Waals surface area contributed by atoms with E-state index in [0.29, 0.717) is 6.61 Å². The molecule has 3 aromatic rings. The molecule has 4 rings (SSSR count). The van der Waals surface area contributed by atoms with Crippen molar-refractivity contribution in [2.24, 2.45) is 0 Å². The molecule has 0 saturated heterocycles. The second-order valence-electron chi connectivity index (χ2n) is 4.79. The van der Waals surface area contributed by atoms with E-state index in [1.165, 1.54) is 19.9 Å². The van der Waals surface area contributed by atoms with E-state index in [-0.39, 0.29) is 0 Å². The SMILES string of the molecule is CCOc1ncnc2c1CCSc1c-2sc2ccccc12. The third-order valence-electron chi connectivity index (χ3n) is 3.55. The van der Waals surface area contributed by atoms with Crippen molar-refractivity contribution in [3.63, 3.8) is 0 Å². The minimum absolute atomic E-state index is 0.635. The van der Waals surface area contributed by atoms with Gasteiger partial charge >= 0.3 is 0 Å². The van der Waals surface area contributed by atoms with Crippen LogP contribution in [0, 0.1) is 0 Å². The van der Waals surface area contributed by atoms with Crippen molar-refractivity contribution < 1.29 is 4.74 Å². The molecule has 0 fully saturated rings. The fourth-order valence-corrected chi connectivity index (χ4v) is 5.21. The van der Waals surface area contributed by atoms with Gasteiger partial charge in [0, 0.05) is 26.3 Å². The third-order valence-corrected chi connectivity index (χ3v) is 5.98. The van der Waals surface area contributed by atoms with Crippen LogP contribution in [0.2, 0.25) is 0 Å². The van der Waals surface area contributed by atoms with E-state index in [4.69, 9.17) is 4.74 Å². The number of hydrogen-bond acceptors (Lipinski definition) is 5. The molecular weight excluding hydrogens is 300 g/mol. The Labute approximate surface area is 131 Å². The van der Waals surface area contributed by atoms with Crippen LogP contribution in [0.5, 0.6) is 5.88 Å². The van der Waals surface area contributed by atoms with E-state index in [1.54, 1.807) is 6.33 Å². The van der Waals surface area contributed by atoms with E-state index >= 15 is 0 Å². The topological polar surface area (TPSA) is 35.0 Å². The Morgan fingerprint density at radius 1 is 1.24 bits per heavy atom. The summed E-state index contributed by atoms with van der Waals surface area (Å²) in [7, 11) is 0. The molecule has 0 amide bonds. The zero-order valence-electron chi connectivity index (χ0n) is 11.6. The van der Waals surface area contributed by atoms with Gasteiger partial charge in [-0.15, -0.1) is 23.1 Å². The smallest absolute Gasteiger partial charge is 0.220 e. The molecule has 0 bridgehead atoms. The minimum atomic E-state index is 0.635. The number of ether oxygens (including phenoxy) is 1. The van der Waals surface area contributed by atoms with E-state index in [0.717, 1.165) is 29.3 Å². The molecule has 5 heteroatoms. The van der Waals surface area contributed by atoms with Gasteiger partial charge < -0.3 is 4.74 Å². The Bertz CT molecular complexity index is 813. The van der Waals surface area contributed by atoms with Crippen LogP contribution in [0.25, 0.3) is 20.7 Å². The highest BCUT2D eigenvalue weighted by Gasteiger charge is 2.24. The first-order chi connectivity index (χ1) is 10.4. The number of aromatic nitrogens is 2. The molecule has 0 N–H and O–H groups in total. The second kappa shape index (κ2) is 5.31. The van der Waals surface area contributed by atoms with Crippen molar-refractivity contribution in [1.82, 2.24) is 9.97 Å². The Kier molecular flexibility index (Phi) is 3.31. The van der Waals surface area contributed by atoms with Gasteiger partial charge in [0.2, 0.25) is 5.88 Å².